The number of aromatic nitrogens is 3. The molecule has 7 nitrogen and oxygen atoms in total. The molecular formula is C30H32N3O4S+. The summed E-state index contributed by atoms with van der Waals surface area (Å²) in [7, 11) is 0. The van der Waals surface area contributed by atoms with E-state index in [1.165, 1.54) is 0 Å². The number of esters is 1. The Hall–Kier alpha value is -3.62. The van der Waals surface area contributed by atoms with Crippen molar-refractivity contribution in [1.29, 1.82) is 0 Å². The molecule has 1 N–H and O–H groups in total. The number of thiazole rings is 1. The Labute approximate surface area is 226 Å². The number of ether oxygens (including phenoxy) is 2. The smallest absolute Gasteiger partial charge is 0.309 e. The maximum Gasteiger partial charge on any atom is 0.309 e. The van der Waals surface area contributed by atoms with E-state index in [9.17, 15) is 9.59 Å². The van der Waals surface area contributed by atoms with Gasteiger partial charge in [-0.25, -0.2) is 4.98 Å². The highest BCUT2D eigenvalue weighted by Gasteiger charge is 2.51. The van der Waals surface area contributed by atoms with Crippen molar-refractivity contribution in [2.75, 3.05) is 6.61 Å². The number of carbonyl (C=O) groups is 1. The Morgan fingerprint density at radius 3 is 2.53 bits per heavy atom. The standard InChI is InChI=1S/C30H31N3O4S/c1-20-26(38-19-33(20)18-22-17-31-21(2)32-28(22)35)14-15-36-27(34)16-30(23-10-6-5-7-11-23)25-13-9-8-12-24(25)29(3,4)37-30/h5-13,17,19H,14-16,18H2,1-4H3/p+1. The summed E-state index contributed by atoms with van der Waals surface area (Å²) in [6.07, 6.45) is 2.30. The summed E-state index contributed by atoms with van der Waals surface area (Å²) in [5.41, 5.74) is 5.08. The molecule has 0 saturated carbocycles. The second kappa shape index (κ2) is 10.3. The topological polar surface area (TPSA) is 85.2 Å². The molecular weight excluding hydrogens is 498 g/mol. The number of nitrogens with zero attached hydrogens (tertiary/aromatic N) is 2. The number of hydrogen-bond acceptors (Lipinski definition) is 6. The maximum absolute atomic E-state index is 13.2. The Balaban J connectivity index is 1.28. The third-order valence-corrected chi connectivity index (χ3v) is 8.31. The zero-order valence-corrected chi connectivity index (χ0v) is 22.9. The fraction of sp³-hybridized carbons (Fsp3) is 0.333. The largest absolute Gasteiger partial charge is 0.465 e. The number of hydrogen-bond donors (Lipinski definition) is 1. The van der Waals surface area contributed by atoms with Crippen LogP contribution in [0.4, 0.5) is 0 Å². The molecule has 0 saturated heterocycles. The maximum atomic E-state index is 13.2. The fourth-order valence-electron chi connectivity index (χ4n) is 5.23. The normalized spacial score (nSPS) is 17.8. The van der Waals surface area contributed by atoms with Crippen molar-refractivity contribution < 1.29 is 18.8 Å². The van der Waals surface area contributed by atoms with Gasteiger partial charge < -0.3 is 14.5 Å². The highest BCUT2D eigenvalue weighted by molar-refractivity contribution is 7.09. The summed E-state index contributed by atoms with van der Waals surface area (Å²) in [6.45, 7) is 8.56. The van der Waals surface area contributed by atoms with Crippen molar-refractivity contribution in [1.82, 2.24) is 9.97 Å². The lowest BCUT2D eigenvalue weighted by molar-refractivity contribution is -0.689. The minimum atomic E-state index is -0.907. The number of fused-ring (bicyclic) bond motifs is 1. The van der Waals surface area contributed by atoms with Gasteiger partial charge in [0.1, 0.15) is 17.0 Å². The number of rotatable bonds is 8. The second-order valence-electron chi connectivity index (χ2n) is 10.2. The highest BCUT2D eigenvalue weighted by Crippen LogP contribution is 2.52. The monoisotopic (exact) mass is 530 g/mol. The van der Waals surface area contributed by atoms with E-state index in [2.05, 4.69) is 16.0 Å². The van der Waals surface area contributed by atoms with E-state index in [0.717, 1.165) is 27.3 Å². The van der Waals surface area contributed by atoms with E-state index in [1.54, 1.807) is 24.5 Å². The summed E-state index contributed by atoms with van der Waals surface area (Å²) >= 11 is 1.59. The number of carbonyl (C=O) groups excluding carboxylic acids is 1. The molecule has 0 radical (unpaired) electrons. The first-order valence-electron chi connectivity index (χ1n) is 12.7. The van der Waals surface area contributed by atoms with Crippen LogP contribution in [-0.2, 0) is 38.4 Å². The molecule has 0 amide bonds. The lowest BCUT2D eigenvalue weighted by atomic mass is 9.82. The summed E-state index contributed by atoms with van der Waals surface area (Å²) in [4.78, 5) is 33.5. The lowest BCUT2D eigenvalue weighted by Crippen LogP contribution is -2.38. The van der Waals surface area contributed by atoms with Crippen LogP contribution in [0.3, 0.4) is 0 Å². The van der Waals surface area contributed by atoms with Crippen LogP contribution in [0.15, 0.2) is 71.1 Å². The van der Waals surface area contributed by atoms with Crippen molar-refractivity contribution in [3.63, 3.8) is 0 Å². The summed E-state index contributed by atoms with van der Waals surface area (Å²) in [5.74, 6) is 0.290. The molecule has 2 aromatic carbocycles. The van der Waals surface area contributed by atoms with Gasteiger partial charge in [0.25, 0.3) is 5.56 Å². The number of aromatic amines is 1. The van der Waals surface area contributed by atoms with Crippen LogP contribution >= 0.6 is 11.3 Å². The fourth-order valence-corrected chi connectivity index (χ4v) is 6.20. The van der Waals surface area contributed by atoms with Crippen LogP contribution in [0.1, 0.15) is 58.9 Å². The Bertz CT molecular complexity index is 1530. The molecule has 0 spiro atoms. The van der Waals surface area contributed by atoms with E-state index in [0.29, 0.717) is 24.4 Å². The van der Waals surface area contributed by atoms with E-state index >= 15 is 0 Å². The van der Waals surface area contributed by atoms with Gasteiger partial charge in [-0.15, -0.1) is 0 Å². The molecule has 3 heterocycles. The number of aryl methyl sites for hydroxylation is 1. The predicted octanol–water partition coefficient (Wildman–Crippen LogP) is 4.47. The van der Waals surface area contributed by atoms with Crippen LogP contribution in [-0.4, -0.2) is 22.5 Å². The molecule has 196 valence electrons. The molecule has 38 heavy (non-hydrogen) atoms. The molecule has 1 atom stereocenters. The van der Waals surface area contributed by atoms with Crippen molar-refractivity contribution in [2.24, 2.45) is 0 Å². The molecule has 2 aromatic heterocycles. The Morgan fingerprint density at radius 2 is 1.79 bits per heavy atom. The number of H-pyrrole nitrogens is 1. The van der Waals surface area contributed by atoms with E-state index in [4.69, 9.17) is 9.47 Å². The summed E-state index contributed by atoms with van der Waals surface area (Å²) < 4.78 is 14.5. The third kappa shape index (κ3) is 4.93. The van der Waals surface area contributed by atoms with Crippen LogP contribution in [0.2, 0.25) is 0 Å². The van der Waals surface area contributed by atoms with Gasteiger partial charge in [0, 0.05) is 19.5 Å². The van der Waals surface area contributed by atoms with Crippen LogP contribution < -0.4 is 10.1 Å². The first-order chi connectivity index (χ1) is 18.2. The molecule has 0 fully saturated rings. The number of benzene rings is 2. The van der Waals surface area contributed by atoms with Crippen molar-refractivity contribution >= 4 is 17.3 Å². The molecule has 8 heteroatoms. The van der Waals surface area contributed by atoms with Crippen LogP contribution in [0, 0.1) is 13.8 Å². The molecule has 0 bridgehead atoms. The summed E-state index contributed by atoms with van der Waals surface area (Å²) in [6, 6.07) is 18.0. The van der Waals surface area contributed by atoms with E-state index < -0.39 is 11.2 Å². The van der Waals surface area contributed by atoms with Crippen molar-refractivity contribution in [2.45, 2.75) is 58.3 Å². The molecule has 5 rings (SSSR count). The van der Waals surface area contributed by atoms with Gasteiger partial charge in [0.05, 0.1) is 23.5 Å². The van der Waals surface area contributed by atoms with Crippen LogP contribution in [0.25, 0.3) is 0 Å². The van der Waals surface area contributed by atoms with Gasteiger partial charge in [-0.2, -0.15) is 4.57 Å². The lowest BCUT2D eigenvalue weighted by Gasteiger charge is -2.32. The molecule has 1 unspecified atom stereocenters. The zero-order chi connectivity index (χ0) is 26.9. The first kappa shape index (κ1) is 26.0. The van der Waals surface area contributed by atoms with Gasteiger partial charge in [-0.1, -0.05) is 65.9 Å². The van der Waals surface area contributed by atoms with Crippen molar-refractivity contribution in [3.8, 4) is 0 Å². The molecule has 4 aromatic rings. The van der Waals surface area contributed by atoms with Crippen molar-refractivity contribution in [3.05, 3.63) is 115 Å². The average molecular weight is 531 g/mol. The Kier molecular flexibility index (Phi) is 7.03. The van der Waals surface area contributed by atoms with Gasteiger partial charge in [0.2, 0.25) is 5.51 Å². The van der Waals surface area contributed by atoms with Gasteiger partial charge in [-0.05, 0) is 37.5 Å². The highest BCUT2D eigenvalue weighted by atomic mass is 32.1. The SMILES string of the molecule is Cc1ncc(C[n+]2csc(CCOC(=O)CC3(c4ccccc4)OC(C)(C)c4ccccc43)c2C)c(=O)[nH]1. The van der Waals surface area contributed by atoms with E-state index in [-0.39, 0.29) is 24.6 Å². The first-order valence-corrected chi connectivity index (χ1v) is 13.6. The van der Waals surface area contributed by atoms with Crippen LogP contribution in [0.5, 0.6) is 0 Å². The average Bonchev–Trinajstić information content (AvgIpc) is 3.35. The predicted molar refractivity (Wildman–Crippen MR) is 145 cm³/mol. The second-order valence-corrected chi connectivity index (χ2v) is 11.1. The quantitative estimate of drug-likeness (QED) is 0.268. The zero-order valence-electron chi connectivity index (χ0n) is 22.1. The number of nitrogens with one attached hydrogen (secondary N) is 1. The molecule has 1 aliphatic rings. The Morgan fingerprint density at radius 1 is 1.08 bits per heavy atom. The van der Waals surface area contributed by atoms with E-state index in [1.807, 2.05) is 79.4 Å². The van der Waals surface area contributed by atoms with Gasteiger partial charge in [-0.3, -0.25) is 9.59 Å². The summed E-state index contributed by atoms with van der Waals surface area (Å²) in [5, 5.41) is 0. The third-order valence-electron chi connectivity index (χ3n) is 7.16. The minimum Gasteiger partial charge on any atom is -0.465 e. The molecule has 1 aliphatic heterocycles. The van der Waals surface area contributed by atoms with Gasteiger partial charge in [0.15, 0.2) is 12.2 Å². The minimum absolute atomic E-state index is 0.0874. The molecule has 0 aliphatic carbocycles. The van der Waals surface area contributed by atoms with Gasteiger partial charge >= 0.3 is 5.97 Å².